The lowest BCUT2D eigenvalue weighted by Gasteiger charge is -2.49. The Bertz CT molecular complexity index is 1170. The molecule has 3 N–H and O–H groups in total. The number of aliphatic carboxylic acids is 1. The predicted molar refractivity (Wildman–Crippen MR) is 127 cm³/mol. The van der Waals surface area contributed by atoms with Gasteiger partial charge in [0.2, 0.25) is 5.91 Å². The van der Waals surface area contributed by atoms with Crippen LogP contribution in [0.2, 0.25) is 10.0 Å². The second-order valence-corrected chi connectivity index (χ2v) is 10.8. The average Bonchev–Trinajstić information content (AvgIpc) is 3.32. The van der Waals surface area contributed by atoms with Gasteiger partial charge in [0.15, 0.2) is 4.34 Å². The van der Waals surface area contributed by atoms with Crippen molar-refractivity contribution in [1.29, 1.82) is 0 Å². The Kier molecular flexibility index (Phi) is 7.62. The van der Waals surface area contributed by atoms with E-state index in [0.29, 0.717) is 9.91 Å². The number of carboxylic acid groups (broad SMARTS) is 1. The van der Waals surface area contributed by atoms with Gasteiger partial charge in [0.05, 0.1) is 21.4 Å². The summed E-state index contributed by atoms with van der Waals surface area (Å²) in [4.78, 5) is 50.6. The Morgan fingerprint density at radius 1 is 1.26 bits per heavy atom. The first-order valence-electron chi connectivity index (χ1n) is 9.47. The van der Waals surface area contributed by atoms with E-state index in [2.05, 4.69) is 25.4 Å². The number of amides is 3. The monoisotopic (exact) mass is 560 g/mol. The normalized spacial score (nSPS) is 19.4. The van der Waals surface area contributed by atoms with Gasteiger partial charge in [0.1, 0.15) is 17.1 Å². The highest BCUT2D eigenvalue weighted by Gasteiger charge is 2.54. The summed E-state index contributed by atoms with van der Waals surface area (Å²) in [6.45, 7) is -0.116. The highest BCUT2D eigenvalue weighted by atomic mass is 35.5. The molecule has 34 heavy (non-hydrogen) atoms. The topological polar surface area (TPSA) is 154 Å². The van der Waals surface area contributed by atoms with Crippen molar-refractivity contribution in [2.45, 2.75) is 15.8 Å². The summed E-state index contributed by atoms with van der Waals surface area (Å²) in [5.41, 5.74) is 0.219. The van der Waals surface area contributed by atoms with Crippen molar-refractivity contribution in [2.75, 3.05) is 18.1 Å². The van der Waals surface area contributed by atoms with Gasteiger partial charge in [-0.3, -0.25) is 19.3 Å². The van der Waals surface area contributed by atoms with E-state index < -0.39 is 35.1 Å². The fraction of sp³-hybridized carbons (Fsp3) is 0.278. The third-order valence-electron chi connectivity index (χ3n) is 4.83. The van der Waals surface area contributed by atoms with Crippen molar-refractivity contribution < 1.29 is 24.3 Å². The molecule has 11 nitrogen and oxygen atoms in total. The molecule has 4 rings (SSSR count). The summed E-state index contributed by atoms with van der Waals surface area (Å²) in [5.74, 6) is -2.55. The number of thioether (sulfide) groups is 2. The van der Waals surface area contributed by atoms with Crippen molar-refractivity contribution in [3.63, 3.8) is 0 Å². The van der Waals surface area contributed by atoms with Crippen LogP contribution < -0.4 is 10.6 Å². The Hall–Kier alpha value is -2.39. The zero-order chi connectivity index (χ0) is 24.4. The Labute approximate surface area is 214 Å². The standard InChI is InChI=1S/C18H14Cl2N6O5S3/c19-8-2-1-3-9(20)11(8)14(28)21-4-7-5-32-16-12(15(29)26(16)13(7)17(30)31)22-10(27)6-33-18-23-24-25-34-18/h1-3,12,16H,4-6H2,(H,21,28)(H,22,27)(H,30,31)/t12?,16-/m1/s1. The maximum Gasteiger partial charge on any atom is 0.352 e. The minimum atomic E-state index is -1.30. The first kappa shape index (κ1) is 24.7. The summed E-state index contributed by atoms with van der Waals surface area (Å²) in [6, 6.07) is 3.78. The number of β-lactam (4-membered cyclic amide) rings is 1. The largest absolute Gasteiger partial charge is 0.477 e. The number of aromatic nitrogens is 3. The van der Waals surface area contributed by atoms with Crippen LogP contribution in [0.5, 0.6) is 0 Å². The summed E-state index contributed by atoms with van der Waals surface area (Å²) in [6.07, 6.45) is 0. The Morgan fingerprint density at radius 2 is 2.00 bits per heavy atom. The summed E-state index contributed by atoms with van der Waals surface area (Å²) in [7, 11) is 0. The Morgan fingerprint density at radius 3 is 2.65 bits per heavy atom. The summed E-state index contributed by atoms with van der Waals surface area (Å²) < 4.78 is 4.12. The number of carbonyl (C=O) groups is 4. The lowest BCUT2D eigenvalue weighted by Crippen LogP contribution is -2.70. The molecule has 2 aromatic rings. The highest BCUT2D eigenvalue weighted by Crippen LogP contribution is 2.40. The van der Waals surface area contributed by atoms with Gasteiger partial charge in [-0.1, -0.05) is 45.5 Å². The average molecular weight is 561 g/mol. The van der Waals surface area contributed by atoms with E-state index in [4.69, 9.17) is 23.2 Å². The van der Waals surface area contributed by atoms with Gasteiger partial charge in [0.25, 0.3) is 11.8 Å². The number of benzene rings is 1. The van der Waals surface area contributed by atoms with Crippen molar-refractivity contribution in [2.24, 2.45) is 0 Å². The van der Waals surface area contributed by atoms with E-state index in [1.807, 2.05) is 0 Å². The highest BCUT2D eigenvalue weighted by molar-refractivity contribution is 8.01. The van der Waals surface area contributed by atoms with Crippen LogP contribution in [-0.2, 0) is 14.4 Å². The van der Waals surface area contributed by atoms with E-state index >= 15 is 0 Å². The first-order valence-corrected chi connectivity index (χ1v) is 13.0. The number of hydrogen-bond acceptors (Lipinski definition) is 10. The van der Waals surface area contributed by atoms with Crippen LogP contribution in [0.1, 0.15) is 10.4 Å². The van der Waals surface area contributed by atoms with Gasteiger partial charge < -0.3 is 15.7 Å². The SMILES string of the molecule is O=C(CSc1nnns1)NC1C(=O)N2C(C(=O)O)=C(CNC(=O)c3c(Cl)cccc3Cl)CS[C@H]12. The maximum absolute atomic E-state index is 12.7. The molecule has 2 aliphatic heterocycles. The second kappa shape index (κ2) is 10.5. The maximum atomic E-state index is 12.7. The van der Waals surface area contributed by atoms with E-state index in [1.165, 1.54) is 23.9 Å². The molecule has 0 aliphatic carbocycles. The molecule has 178 valence electrons. The summed E-state index contributed by atoms with van der Waals surface area (Å²) in [5, 5.41) is 21.9. The van der Waals surface area contributed by atoms with Crippen molar-refractivity contribution in [1.82, 2.24) is 30.3 Å². The van der Waals surface area contributed by atoms with Crippen LogP contribution in [0.3, 0.4) is 0 Å². The van der Waals surface area contributed by atoms with Gasteiger partial charge in [-0.2, -0.15) is 0 Å². The van der Waals surface area contributed by atoms with E-state index in [1.54, 1.807) is 6.07 Å². The van der Waals surface area contributed by atoms with Crippen LogP contribution in [0.25, 0.3) is 0 Å². The van der Waals surface area contributed by atoms with Crippen LogP contribution >= 0.6 is 58.3 Å². The molecule has 3 heterocycles. The molecule has 2 aliphatic rings. The molecule has 1 unspecified atom stereocenters. The molecule has 0 spiro atoms. The van der Waals surface area contributed by atoms with E-state index in [9.17, 15) is 24.3 Å². The molecule has 0 radical (unpaired) electrons. The Balaban J connectivity index is 1.41. The molecular formula is C18H14Cl2N6O5S3. The van der Waals surface area contributed by atoms with Crippen molar-refractivity contribution in [3.05, 3.63) is 45.1 Å². The van der Waals surface area contributed by atoms with Crippen LogP contribution in [-0.4, -0.2) is 78.0 Å². The number of fused-ring (bicyclic) bond motifs is 1. The first-order chi connectivity index (χ1) is 16.3. The molecule has 1 fully saturated rings. The summed E-state index contributed by atoms with van der Waals surface area (Å²) >= 11 is 15.6. The molecule has 2 atom stereocenters. The third kappa shape index (κ3) is 5.00. The molecule has 16 heteroatoms. The number of carbonyl (C=O) groups excluding carboxylic acids is 3. The fourth-order valence-electron chi connectivity index (χ4n) is 3.33. The quantitative estimate of drug-likeness (QED) is 0.319. The predicted octanol–water partition coefficient (Wildman–Crippen LogP) is 1.50. The molecule has 3 amide bonds. The molecule has 0 saturated carbocycles. The van der Waals surface area contributed by atoms with Crippen LogP contribution in [0, 0.1) is 0 Å². The minimum Gasteiger partial charge on any atom is -0.477 e. The zero-order valence-corrected chi connectivity index (χ0v) is 20.8. The van der Waals surface area contributed by atoms with Crippen molar-refractivity contribution in [3.8, 4) is 0 Å². The molecular weight excluding hydrogens is 547 g/mol. The third-order valence-corrected chi connectivity index (χ3v) is 8.50. The van der Waals surface area contributed by atoms with Crippen LogP contribution in [0.15, 0.2) is 33.8 Å². The molecule has 1 saturated heterocycles. The second-order valence-electron chi connectivity index (χ2n) is 6.91. The van der Waals surface area contributed by atoms with Gasteiger partial charge >= 0.3 is 5.97 Å². The minimum absolute atomic E-state index is 0.0154. The zero-order valence-electron chi connectivity index (χ0n) is 16.9. The van der Waals surface area contributed by atoms with Gasteiger partial charge in [-0.15, -0.1) is 16.9 Å². The van der Waals surface area contributed by atoms with Gasteiger partial charge in [-0.05, 0) is 22.9 Å². The number of halogens is 2. The number of hydrogen-bond donors (Lipinski definition) is 3. The lowest BCUT2D eigenvalue weighted by atomic mass is 10.0. The van der Waals surface area contributed by atoms with Crippen molar-refractivity contribution >= 4 is 81.9 Å². The fourth-order valence-corrected chi connectivity index (χ4v) is 6.38. The molecule has 0 bridgehead atoms. The smallest absolute Gasteiger partial charge is 0.352 e. The number of nitrogens with zero attached hydrogens (tertiary/aromatic N) is 4. The van der Waals surface area contributed by atoms with E-state index in [-0.39, 0.29) is 39.4 Å². The molecule has 1 aromatic carbocycles. The number of carboxylic acids is 1. The van der Waals surface area contributed by atoms with Gasteiger partial charge in [-0.25, -0.2) is 4.79 Å². The van der Waals surface area contributed by atoms with Crippen LogP contribution in [0.4, 0.5) is 0 Å². The van der Waals surface area contributed by atoms with E-state index in [0.717, 1.165) is 28.2 Å². The van der Waals surface area contributed by atoms with Gasteiger partial charge in [0, 0.05) is 23.8 Å². The number of nitrogens with one attached hydrogen (secondary N) is 2. The molecule has 1 aromatic heterocycles. The lowest BCUT2D eigenvalue weighted by molar-refractivity contribution is -0.150. The number of rotatable bonds is 8.